The van der Waals surface area contributed by atoms with Crippen molar-refractivity contribution >= 4 is 6.09 Å². The van der Waals surface area contributed by atoms with Crippen molar-refractivity contribution in [2.24, 2.45) is 0 Å². The summed E-state index contributed by atoms with van der Waals surface area (Å²) in [6, 6.07) is -0.137. The number of amides is 1. The van der Waals surface area contributed by atoms with E-state index in [0.717, 1.165) is 12.8 Å². The van der Waals surface area contributed by atoms with Crippen LogP contribution in [0.5, 0.6) is 0 Å². The number of likely N-dealkylation sites (tertiary alicyclic amines) is 1. The first kappa shape index (κ1) is 13.3. The molecule has 1 unspecified atom stereocenters. The van der Waals surface area contributed by atoms with Crippen molar-refractivity contribution in [1.29, 1.82) is 0 Å². The van der Waals surface area contributed by atoms with Crippen LogP contribution in [0.3, 0.4) is 0 Å². The Morgan fingerprint density at radius 1 is 1.31 bits per heavy atom. The van der Waals surface area contributed by atoms with E-state index in [1.807, 2.05) is 20.8 Å². The van der Waals surface area contributed by atoms with Gasteiger partial charge in [-0.3, -0.25) is 0 Å². The van der Waals surface area contributed by atoms with Crippen LogP contribution >= 0.6 is 0 Å². The van der Waals surface area contributed by atoms with E-state index >= 15 is 0 Å². The zero-order chi connectivity index (χ0) is 12.6. The summed E-state index contributed by atoms with van der Waals surface area (Å²) in [6.45, 7) is 9.69. The van der Waals surface area contributed by atoms with Crippen LogP contribution in [0.25, 0.3) is 0 Å². The van der Waals surface area contributed by atoms with Crippen molar-refractivity contribution in [3.63, 3.8) is 0 Å². The highest BCUT2D eigenvalue weighted by molar-refractivity contribution is 5.69. The van der Waals surface area contributed by atoms with Gasteiger partial charge in [0.1, 0.15) is 5.60 Å². The van der Waals surface area contributed by atoms with Crippen LogP contribution in [-0.2, 0) is 4.74 Å². The Hall–Kier alpha value is -0.770. The van der Waals surface area contributed by atoms with E-state index in [4.69, 9.17) is 4.74 Å². The Bertz CT molecular complexity index is 262. The van der Waals surface area contributed by atoms with Gasteiger partial charge in [-0.2, -0.15) is 0 Å². The molecule has 1 amide bonds. The standard InChI is InChI=1S/C12H23NO3/c1-11(2,3)16-10(14)13-8-6-7-9(13)12(4,5)15/h9,15H,6-8H2,1-5H3. The van der Waals surface area contributed by atoms with E-state index in [2.05, 4.69) is 0 Å². The summed E-state index contributed by atoms with van der Waals surface area (Å²) in [5, 5.41) is 9.99. The Morgan fingerprint density at radius 3 is 2.31 bits per heavy atom. The van der Waals surface area contributed by atoms with Gasteiger partial charge in [-0.25, -0.2) is 4.79 Å². The molecule has 0 aliphatic carbocycles. The molecule has 0 aromatic heterocycles. The van der Waals surface area contributed by atoms with Crippen LogP contribution in [0.4, 0.5) is 4.79 Å². The third-order valence-corrected chi connectivity index (χ3v) is 2.70. The van der Waals surface area contributed by atoms with Crippen molar-refractivity contribution in [3.8, 4) is 0 Å². The molecule has 1 N–H and O–H groups in total. The van der Waals surface area contributed by atoms with Crippen molar-refractivity contribution in [3.05, 3.63) is 0 Å². The highest BCUT2D eigenvalue weighted by atomic mass is 16.6. The van der Waals surface area contributed by atoms with Crippen LogP contribution in [0, 0.1) is 0 Å². The minimum absolute atomic E-state index is 0.137. The van der Waals surface area contributed by atoms with Gasteiger partial charge >= 0.3 is 6.09 Å². The fraction of sp³-hybridized carbons (Fsp3) is 0.917. The minimum Gasteiger partial charge on any atom is -0.444 e. The fourth-order valence-corrected chi connectivity index (χ4v) is 2.04. The van der Waals surface area contributed by atoms with Crippen LogP contribution in [-0.4, -0.2) is 39.9 Å². The summed E-state index contributed by atoms with van der Waals surface area (Å²) in [4.78, 5) is 13.6. The first-order valence-corrected chi connectivity index (χ1v) is 5.83. The lowest BCUT2D eigenvalue weighted by Gasteiger charge is -2.34. The number of hydrogen-bond donors (Lipinski definition) is 1. The lowest BCUT2D eigenvalue weighted by Crippen LogP contribution is -2.49. The maximum absolute atomic E-state index is 11.9. The van der Waals surface area contributed by atoms with Crippen LogP contribution in [0.1, 0.15) is 47.5 Å². The Labute approximate surface area is 97.6 Å². The molecule has 0 radical (unpaired) electrons. The van der Waals surface area contributed by atoms with Crippen molar-refractivity contribution < 1.29 is 14.6 Å². The smallest absolute Gasteiger partial charge is 0.410 e. The summed E-state index contributed by atoms with van der Waals surface area (Å²) in [7, 11) is 0. The molecule has 1 atom stereocenters. The summed E-state index contributed by atoms with van der Waals surface area (Å²) >= 11 is 0. The molecule has 1 aliphatic rings. The molecule has 1 rings (SSSR count). The highest BCUT2D eigenvalue weighted by Gasteiger charge is 2.40. The van der Waals surface area contributed by atoms with Gasteiger partial charge in [-0.1, -0.05) is 0 Å². The molecule has 0 bridgehead atoms. The molecule has 94 valence electrons. The number of hydrogen-bond acceptors (Lipinski definition) is 3. The van der Waals surface area contributed by atoms with E-state index in [-0.39, 0.29) is 12.1 Å². The summed E-state index contributed by atoms with van der Waals surface area (Å²) < 4.78 is 5.32. The van der Waals surface area contributed by atoms with E-state index in [0.29, 0.717) is 6.54 Å². The molecular formula is C12H23NO3. The quantitative estimate of drug-likeness (QED) is 0.749. The van der Waals surface area contributed by atoms with Crippen molar-refractivity contribution in [2.45, 2.75) is 64.7 Å². The molecule has 1 saturated heterocycles. The van der Waals surface area contributed by atoms with Gasteiger partial charge in [0, 0.05) is 6.54 Å². The number of carbonyl (C=O) groups excluding carboxylic acids is 1. The molecule has 1 aliphatic heterocycles. The Balaban J connectivity index is 2.69. The first-order chi connectivity index (χ1) is 7.11. The second-order valence-electron chi connectivity index (χ2n) is 5.99. The van der Waals surface area contributed by atoms with Crippen LogP contribution in [0.2, 0.25) is 0 Å². The molecule has 0 spiro atoms. The molecule has 0 saturated carbocycles. The Morgan fingerprint density at radius 2 is 1.88 bits per heavy atom. The average Bonchev–Trinajstić information content (AvgIpc) is 2.45. The van der Waals surface area contributed by atoms with E-state index in [1.54, 1.807) is 18.7 Å². The minimum atomic E-state index is -0.868. The topological polar surface area (TPSA) is 49.8 Å². The average molecular weight is 229 g/mol. The normalized spacial score (nSPS) is 22.4. The molecule has 4 nitrogen and oxygen atoms in total. The maximum Gasteiger partial charge on any atom is 0.410 e. The largest absolute Gasteiger partial charge is 0.444 e. The predicted octanol–water partition coefficient (Wildman–Crippen LogP) is 2.16. The molecule has 0 aromatic carbocycles. The lowest BCUT2D eigenvalue weighted by molar-refractivity contribution is -0.0240. The summed E-state index contributed by atoms with van der Waals surface area (Å²) in [5.74, 6) is 0. The summed E-state index contributed by atoms with van der Waals surface area (Å²) in [6.07, 6.45) is 1.44. The van der Waals surface area contributed by atoms with Crippen molar-refractivity contribution in [1.82, 2.24) is 4.90 Å². The van der Waals surface area contributed by atoms with Gasteiger partial charge in [-0.15, -0.1) is 0 Å². The summed E-state index contributed by atoms with van der Waals surface area (Å²) in [5.41, 5.74) is -1.35. The van der Waals surface area contributed by atoms with Gasteiger partial charge in [0.15, 0.2) is 0 Å². The predicted molar refractivity (Wildman–Crippen MR) is 62.3 cm³/mol. The third-order valence-electron chi connectivity index (χ3n) is 2.70. The fourth-order valence-electron chi connectivity index (χ4n) is 2.04. The van der Waals surface area contributed by atoms with Gasteiger partial charge in [0.25, 0.3) is 0 Å². The van der Waals surface area contributed by atoms with E-state index < -0.39 is 11.2 Å². The molecular weight excluding hydrogens is 206 g/mol. The highest BCUT2D eigenvalue weighted by Crippen LogP contribution is 2.28. The molecule has 1 fully saturated rings. The van der Waals surface area contributed by atoms with Crippen LogP contribution in [0.15, 0.2) is 0 Å². The van der Waals surface area contributed by atoms with E-state index in [9.17, 15) is 9.90 Å². The van der Waals surface area contributed by atoms with Gasteiger partial charge in [-0.05, 0) is 47.5 Å². The Kier molecular flexibility index (Phi) is 3.53. The van der Waals surface area contributed by atoms with Crippen LogP contribution < -0.4 is 0 Å². The molecule has 1 heterocycles. The maximum atomic E-state index is 11.9. The van der Waals surface area contributed by atoms with Gasteiger partial charge < -0.3 is 14.7 Å². The number of carbonyl (C=O) groups is 1. The monoisotopic (exact) mass is 229 g/mol. The first-order valence-electron chi connectivity index (χ1n) is 5.83. The SMILES string of the molecule is CC(C)(C)OC(=O)N1CCCC1C(C)(C)O. The lowest BCUT2D eigenvalue weighted by atomic mass is 9.97. The zero-order valence-corrected chi connectivity index (χ0v) is 10.9. The number of ether oxygens (including phenoxy) is 1. The second kappa shape index (κ2) is 4.24. The van der Waals surface area contributed by atoms with Gasteiger partial charge in [0.2, 0.25) is 0 Å². The molecule has 0 aromatic rings. The molecule has 4 heteroatoms. The van der Waals surface area contributed by atoms with E-state index in [1.165, 1.54) is 0 Å². The van der Waals surface area contributed by atoms with Crippen molar-refractivity contribution in [2.75, 3.05) is 6.54 Å². The zero-order valence-electron chi connectivity index (χ0n) is 10.9. The number of aliphatic hydroxyl groups is 1. The molecule has 16 heavy (non-hydrogen) atoms. The van der Waals surface area contributed by atoms with Gasteiger partial charge in [0.05, 0.1) is 11.6 Å². The third kappa shape index (κ3) is 3.37. The number of nitrogens with zero attached hydrogens (tertiary/aromatic N) is 1. The number of rotatable bonds is 1. The second-order valence-corrected chi connectivity index (χ2v) is 5.99.